The SMILES string of the molecule is CN(C)CC(=O)NCCc1ccc(Nc2nccc(-c3c(-c4cccc(NC(=O)c5cccs5)c4)nc4ccccn34)n2)cc1. The first kappa shape index (κ1) is 29.7. The molecule has 0 atom stereocenters. The molecule has 45 heavy (non-hydrogen) atoms. The molecule has 0 radical (unpaired) electrons. The van der Waals surface area contributed by atoms with Crippen LogP contribution >= 0.6 is 11.3 Å². The Morgan fingerprint density at radius 2 is 1.78 bits per heavy atom. The van der Waals surface area contributed by atoms with Crippen LogP contribution in [0.5, 0.6) is 0 Å². The molecule has 0 saturated carbocycles. The maximum absolute atomic E-state index is 12.7. The highest BCUT2D eigenvalue weighted by Crippen LogP contribution is 2.33. The molecule has 3 N–H and O–H groups in total. The van der Waals surface area contributed by atoms with E-state index in [0.717, 1.165) is 40.3 Å². The molecule has 6 rings (SSSR count). The van der Waals surface area contributed by atoms with E-state index in [4.69, 9.17) is 9.97 Å². The zero-order valence-corrected chi connectivity index (χ0v) is 25.7. The van der Waals surface area contributed by atoms with Crippen LogP contribution in [0.25, 0.3) is 28.3 Å². The summed E-state index contributed by atoms with van der Waals surface area (Å²) in [7, 11) is 3.74. The monoisotopic (exact) mass is 616 g/mol. The highest BCUT2D eigenvalue weighted by molar-refractivity contribution is 7.12. The van der Waals surface area contributed by atoms with E-state index in [0.29, 0.717) is 35.3 Å². The fourth-order valence-corrected chi connectivity index (χ4v) is 5.53. The lowest BCUT2D eigenvalue weighted by Crippen LogP contribution is -2.34. The molecule has 0 bridgehead atoms. The summed E-state index contributed by atoms with van der Waals surface area (Å²) in [4.78, 5) is 41.3. The Labute approximate surface area is 264 Å². The summed E-state index contributed by atoms with van der Waals surface area (Å²) < 4.78 is 2.00. The largest absolute Gasteiger partial charge is 0.355 e. The topological polar surface area (TPSA) is 117 Å². The van der Waals surface area contributed by atoms with Crippen LogP contribution in [-0.4, -0.2) is 63.3 Å². The molecule has 11 heteroatoms. The Balaban J connectivity index is 1.22. The van der Waals surface area contributed by atoms with Gasteiger partial charge in [0.1, 0.15) is 5.65 Å². The van der Waals surface area contributed by atoms with Gasteiger partial charge in [0.05, 0.1) is 28.5 Å². The maximum atomic E-state index is 12.7. The molecule has 0 saturated heterocycles. The molecular weight excluding hydrogens is 584 g/mol. The minimum absolute atomic E-state index is 0.0121. The number of hydrogen-bond donors (Lipinski definition) is 3. The number of amides is 2. The predicted molar refractivity (Wildman–Crippen MR) is 179 cm³/mol. The van der Waals surface area contributed by atoms with Gasteiger partial charge in [0.15, 0.2) is 0 Å². The van der Waals surface area contributed by atoms with Crippen molar-refractivity contribution in [3.63, 3.8) is 0 Å². The summed E-state index contributed by atoms with van der Waals surface area (Å²) in [5, 5.41) is 11.1. The van der Waals surface area contributed by atoms with Crippen LogP contribution in [0, 0.1) is 0 Å². The van der Waals surface area contributed by atoms with Gasteiger partial charge in [-0.1, -0.05) is 36.4 Å². The minimum atomic E-state index is -0.149. The van der Waals surface area contributed by atoms with E-state index in [1.807, 2.05) is 114 Å². The Hall–Kier alpha value is -5.39. The second-order valence-electron chi connectivity index (χ2n) is 10.7. The van der Waals surface area contributed by atoms with Gasteiger partial charge in [0, 0.05) is 35.9 Å². The summed E-state index contributed by atoms with van der Waals surface area (Å²) >= 11 is 1.40. The average molecular weight is 617 g/mol. The number of carbonyl (C=O) groups is 2. The molecule has 2 aromatic carbocycles. The molecule has 226 valence electrons. The number of imidazole rings is 1. The number of benzene rings is 2. The first-order valence-corrected chi connectivity index (χ1v) is 15.3. The Kier molecular flexibility index (Phi) is 8.90. The predicted octanol–water partition coefficient (Wildman–Crippen LogP) is 5.74. The van der Waals surface area contributed by atoms with Gasteiger partial charge < -0.3 is 20.9 Å². The molecule has 2 amide bonds. The highest BCUT2D eigenvalue weighted by atomic mass is 32.1. The Morgan fingerprint density at radius 3 is 2.58 bits per heavy atom. The summed E-state index contributed by atoms with van der Waals surface area (Å²) in [5.41, 5.74) is 6.50. The van der Waals surface area contributed by atoms with Crippen molar-refractivity contribution in [2.45, 2.75) is 6.42 Å². The molecule has 4 aromatic heterocycles. The number of thiophene rings is 1. The zero-order chi connectivity index (χ0) is 31.2. The molecule has 10 nitrogen and oxygen atoms in total. The van der Waals surface area contributed by atoms with Crippen LogP contribution < -0.4 is 16.0 Å². The maximum Gasteiger partial charge on any atom is 0.265 e. The summed E-state index contributed by atoms with van der Waals surface area (Å²) in [6.07, 6.45) is 4.42. The van der Waals surface area contributed by atoms with Gasteiger partial charge in [-0.25, -0.2) is 15.0 Å². The summed E-state index contributed by atoms with van der Waals surface area (Å²) in [6, 6.07) is 27.0. The van der Waals surface area contributed by atoms with E-state index in [1.165, 1.54) is 11.3 Å². The van der Waals surface area contributed by atoms with E-state index in [2.05, 4.69) is 20.9 Å². The first-order valence-electron chi connectivity index (χ1n) is 14.5. The highest BCUT2D eigenvalue weighted by Gasteiger charge is 2.18. The lowest BCUT2D eigenvalue weighted by molar-refractivity contribution is -0.121. The lowest BCUT2D eigenvalue weighted by Gasteiger charge is -2.11. The van der Waals surface area contributed by atoms with Crippen LogP contribution in [-0.2, 0) is 11.2 Å². The second kappa shape index (κ2) is 13.5. The van der Waals surface area contributed by atoms with Gasteiger partial charge >= 0.3 is 0 Å². The van der Waals surface area contributed by atoms with E-state index in [9.17, 15) is 9.59 Å². The van der Waals surface area contributed by atoms with E-state index in [-0.39, 0.29) is 11.8 Å². The first-order chi connectivity index (χ1) is 21.9. The van der Waals surface area contributed by atoms with Gasteiger partial charge in [0.25, 0.3) is 5.91 Å². The third-order valence-electron chi connectivity index (χ3n) is 6.97. The van der Waals surface area contributed by atoms with Crippen LogP contribution in [0.15, 0.2) is 103 Å². The van der Waals surface area contributed by atoms with Crippen molar-refractivity contribution in [2.75, 3.05) is 37.8 Å². The summed E-state index contributed by atoms with van der Waals surface area (Å²) in [5.74, 6) is 0.312. The normalized spacial score (nSPS) is 11.1. The Morgan fingerprint density at radius 1 is 0.911 bits per heavy atom. The van der Waals surface area contributed by atoms with E-state index >= 15 is 0 Å². The number of nitrogens with one attached hydrogen (secondary N) is 3. The third-order valence-corrected chi connectivity index (χ3v) is 7.84. The number of likely N-dealkylation sites (N-methyl/N-ethyl adjacent to an activating group) is 1. The van der Waals surface area contributed by atoms with Crippen molar-refractivity contribution >= 4 is 46.1 Å². The number of nitrogens with zero attached hydrogens (tertiary/aromatic N) is 5. The van der Waals surface area contributed by atoms with Gasteiger partial charge in [-0.3, -0.25) is 14.0 Å². The number of hydrogen-bond acceptors (Lipinski definition) is 8. The third kappa shape index (κ3) is 7.23. The molecular formula is C34H32N8O2S. The second-order valence-corrected chi connectivity index (χ2v) is 11.6. The molecule has 4 heterocycles. The van der Waals surface area contributed by atoms with Crippen LogP contribution in [0.1, 0.15) is 15.2 Å². The quantitative estimate of drug-likeness (QED) is 0.170. The number of rotatable bonds is 11. The molecule has 0 spiro atoms. The number of aromatic nitrogens is 4. The van der Waals surface area contributed by atoms with Gasteiger partial charge in [-0.2, -0.15) is 0 Å². The fraction of sp³-hybridized carbons (Fsp3) is 0.147. The minimum Gasteiger partial charge on any atom is -0.355 e. The average Bonchev–Trinajstić information content (AvgIpc) is 3.71. The Bertz CT molecular complexity index is 1930. The number of fused-ring (bicyclic) bond motifs is 1. The standard InChI is InChI=1S/C34H32N8O2S/c1-41(2)22-30(43)35-17-15-23-11-13-25(14-12-23)38-34-36-18-16-27(39-34)32-31(40-29-10-3-4-19-42(29)32)24-7-5-8-26(21-24)37-33(44)28-9-6-20-45-28/h3-14,16,18-21H,15,17,22H2,1-2H3,(H,35,43)(H,37,44)(H,36,38,39). The van der Waals surface area contributed by atoms with Gasteiger partial charge in [-0.15, -0.1) is 11.3 Å². The number of pyridine rings is 1. The van der Waals surface area contributed by atoms with Crippen molar-refractivity contribution in [1.29, 1.82) is 0 Å². The van der Waals surface area contributed by atoms with Gasteiger partial charge in [-0.05, 0) is 80.0 Å². The van der Waals surface area contributed by atoms with Crippen molar-refractivity contribution in [2.24, 2.45) is 0 Å². The van der Waals surface area contributed by atoms with Crippen molar-refractivity contribution in [1.82, 2.24) is 29.6 Å². The fourth-order valence-electron chi connectivity index (χ4n) is 4.91. The van der Waals surface area contributed by atoms with E-state index in [1.54, 1.807) is 12.3 Å². The molecule has 0 fully saturated rings. The van der Waals surface area contributed by atoms with Crippen LogP contribution in [0.3, 0.4) is 0 Å². The van der Waals surface area contributed by atoms with Crippen molar-refractivity contribution in [3.8, 4) is 22.6 Å². The zero-order valence-electron chi connectivity index (χ0n) is 24.9. The molecule has 0 unspecified atom stereocenters. The molecule has 6 aromatic rings. The lowest BCUT2D eigenvalue weighted by atomic mass is 10.1. The molecule has 0 aliphatic carbocycles. The molecule has 0 aliphatic rings. The van der Waals surface area contributed by atoms with Crippen molar-refractivity contribution in [3.05, 3.63) is 113 Å². The number of carbonyl (C=O) groups excluding carboxylic acids is 2. The van der Waals surface area contributed by atoms with Crippen LogP contribution in [0.2, 0.25) is 0 Å². The summed E-state index contributed by atoms with van der Waals surface area (Å²) in [6.45, 7) is 0.954. The number of anilines is 3. The van der Waals surface area contributed by atoms with Gasteiger partial charge in [0.2, 0.25) is 11.9 Å². The van der Waals surface area contributed by atoms with Crippen LogP contribution in [0.4, 0.5) is 17.3 Å². The smallest absolute Gasteiger partial charge is 0.265 e. The van der Waals surface area contributed by atoms with E-state index < -0.39 is 0 Å². The molecule has 0 aliphatic heterocycles. The van der Waals surface area contributed by atoms with Crippen molar-refractivity contribution < 1.29 is 9.59 Å².